The van der Waals surface area contributed by atoms with Crippen LogP contribution in [0.15, 0.2) is 54.6 Å². The first-order valence-corrected chi connectivity index (χ1v) is 11.6. The van der Waals surface area contributed by atoms with Crippen molar-refractivity contribution in [3.05, 3.63) is 65.7 Å². The molecule has 1 saturated heterocycles. The second kappa shape index (κ2) is 9.58. The Morgan fingerprint density at radius 3 is 2.09 bits per heavy atom. The summed E-state index contributed by atoms with van der Waals surface area (Å²) in [7, 11) is -2.67. The molecule has 1 fully saturated rings. The lowest BCUT2D eigenvalue weighted by atomic mass is 10.1. The predicted octanol–water partition coefficient (Wildman–Crippen LogP) is 2.80. The first-order valence-electron chi connectivity index (χ1n) is 10.2. The van der Waals surface area contributed by atoms with Crippen molar-refractivity contribution in [2.24, 2.45) is 0 Å². The van der Waals surface area contributed by atoms with E-state index in [1.807, 2.05) is 0 Å². The van der Waals surface area contributed by atoms with Gasteiger partial charge in [0.25, 0.3) is 0 Å². The average Bonchev–Trinajstić information content (AvgIpc) is 2.77. The molecule has 0 bridgehead atoms. The van der Waals surface area contributed by atoms with Gasteiger partial charge >= 0.3 is 22.3 Å². The maximum Gasteiger partial charge on any atom is 0.407 e. The second-order valence-corrected chi connectivity index (χ2v) is 9.60. The quantitative estimate of drug-likeness (QED) is 0.663. The summed E-state index contributed by atoms with van der Waals surface area (Å²) in [6, 6.07) is 14.3. The van der Waals surface area contributed by atoms with Crippen LogP contribution in [0.4, 0.5) is 10.5 Å². The van der Waals surface area contributed by atoms with E-state index in [0.29, 0.717) is 16.8 Å². The third kappa shape index (κ3) is 4.86. The number of para-hydroxylation sites is 1. The molecule has 32 heavy (non-hydrogen) atoms. The Bertz CT molecular complexity index is 1050. The Morgan fingerprint density at radius 1 is 1.03 bits per heavy atom. The predicted molar refractivity (Wildman–Crippen MR) is 120 cm³/mol. The number of carbonyl (C=O) groups excluding carboxylic acids is 1. The Kier molecular flexibility index (Phi) is 7.05. The van der Waals surface area contributed by atoms with Crippen molar-refractivity contribution >= 4 is 28.0 Å². The molecule has 1 N–H and O–H groups in total. The molecular weight excluding hydrogens is 434 g/mol. The van der Waals surface area contributed by atoms with Crippen molar-refractivity contribution in [1.82, 2.24) is 9.21 Å². The molecule has 1 aliphatic rings. The van der Waals surface area contributed by atoms with Crippen LogP contribution in [0.5, 0.6) is 0 Å². The fourth-order valence-electron chi connectivity index (χ4n) is 3.91. The highest BCUT2D eigenvalue weighted by Crippen LogP contribution is 2.27. The number of nitrogens with zero attached hydrogens (tertiary/aromatic N) is 3. The summed E-state index contributed by atoms with van der Waals surface area (Å²) in [5.41, 5.74) is 1.55. The molecule has 9 nitrogen and oxygen atoms in total. The largest absolute Gasteiger partial charge is 0.465 e. The minimum absolute atomic E-state index is 0.0513. The number of carboxylic acid groups (broad SMARTS) is 1. The molecule has 0 saturated carbocycles. The van der Waals surface area contributed by atoms with Gasteiger partial charge in [-0.2, -0.15) is 12.7 Å². The molecule has 2 atom stereocenters. The van der Waals surface area contributed by atoms with Gasteiger partial charge in [-0.25, -0.2) is 9.59 Å². The average molecular weight is 462 g/mol. The number of ether oxygens (including phenoxy) is 1. The summed E-state index contributed by atoms with van der Waals surface area (Å²) >= 11 is 0. The molecule has 1 amide bonds. The summed E-state index contributed by atoms with van der Waals surface area (Å²) in [6.45, 7) is 3.57. The summed E-state index contributed by atoms with van der Waals surface area (Å²) in [6.07, 6.45) is -1.06. The second-order valence-electron chi connectivity index (χ2n) is 7.74. The van der Waals surface area contributed by atoms with Crippen LogP contribution in [-0.4, -0.2) is 67.1 Å². The number of piperazine rings is 1. The molecule has 1 heterocycles. The van der Waals surface area contributed by atoms with Crippen LogP contribution in [0.2, 0.25) is 0 Å². The molecule has 0 unspecified atom stereocenters. The zero-order valence-electron chi connectivity index (χ0n) is 18.2. The van der Waals surface area contributed by atoms with E-state index in [1.165, 1.54) is 20.6 Å². The van der Waals surface area contributed by atoms with Gasteiger partial charge in [0.05, 0.1) is 24.9 Å². The molecule has 0 spiro atoms. The van der Waals surface area contributed by atoms with E-state index < -0.39 is 34.4 Å². The van der Waals surface area contributed by atoms with Crippen molar-refractivity contribution in [1.29, 1.82) is 0 Å². The van der Waals surface area contributed by atoms with E-state index in [4.69, 9.17) is 4.74 Å². The van der Waals surface area contributed by atoms with Crippen LogP contribution in [0.25, 0.3) is 0 Å². The van der Waals surface area contributed by atoms with Gasteiger partial charge in [-0.15, -0.1) is 0 Å². The highest BCUT2D eigenvalue weighted by Gasteiger charge is 2.40. The molecule has 1 aliphatic heterocycles. The molecule has 2 aromatic carbocycles. The fourth-order valence-corrected chi connectivity index (χ4v) is 5.70. The number of esters is 1. The molecular formula is C22H27N3O6S. The third-order valence-corrected chi connectivity index (χ3v) is 7.30. The van der Waals surface area contributed by atoms with Crippen LogP contribution < -0.4 is 4.31 Å². The van der Waals surface area contributed by atoms with Crippen LogP contribution in [0, 0.1) is 0 Å². The van der Waals surface area contributed by atoms with Gasteiger partial charge < -0.3 is 14.7 Å². The monoisotopic (exact) mass is 461 g/mol. The summed E-state index contributed by atoms with van der Waals surface area (Å²) in [4.78, 5) is 24.5. The molecule has 0 aliphatic carbocycles. The van der Waals surface area contributed by atoms with Gasteiger partial charge in [0.15, 0.2) is 0 Å². The molecule has 0 aromatic heterocycles. The SMILES string of the molecule is COC(=O)c1ccc(CN(c2ccccc2)S(=O)(=O)N2C[C@@H](C)N(C(=O)O)[C@@H](C)C2)cc1. The summed E-state index contributed by atoms with van der Waals surface area (Å²) < 4.78 is 34.7. The number of carbonyl (C=O) groups is 2. The molecule has 3 rings (SSSR count). The number of amides is 1. The van der Waals surface area contributed by atoms with Gasteiger partial charge in [-0.05, 0) is 43.7 Å². The van der Waals surface area contributed by atoms with Crippen LogP contribution in [-0.2, 0) is 21.5 Å². The summed E-state index contributed by atoms with van der Waals surface area (Å²) in [5.74, 6) is -0.469. The number of methoxy groups -OCH3 is 1. The van der Waals surface area contributed by atoms with Crippen molar-refractivity contribution < 1.29 is 27.9 Å². The van der Waals surface area contributed by atoms with E-state index in [2.05, 4.69) is 0 Å². The van der Waals surface area contributed by atoms with Gasteiger partial charge in [-0.3, -0.25) is 4.31 Å². The minimum Gasteiger partial charge on any atom is -0.465 e. The van der Waals surface area contributed by atoms with Crippen molar-refractivity contribution in [3.8, 4) is 0 Å². The number of hydrogen-bond donors (Lipinski definition) is 1. The maximum atomic E-state index is 13.7. The zero-order chi connectivity index (χ0) is 23.5. The van der Waals surface area contributed by atoms with Gasteiger partial charge in [0.2, 0.25) is 0 Å². The minimum atomic E-state index is -3.97. The summed E-state index contributed by atoms with van der Waals surface area (Å²) in [5, 5.41) is 9.44. The van der Waals surface area contributed by atoms with E-state index in [0.717, 1.165) is 0 Å². The standard InChI is InChI=1S/C22H27N3O6S/c1-16-13-23(14-17(2)25(16)22(27)28)32(29,30)24(20-7-5-4-6-8-20)15-18-9-11-19(12-10-18)21(26)31-3/h4-12,16-17H,13-15H2,1-3H3,(H,27,28)/t16-,17+. The Balaban J connectivity index is 1.92. The smallest absolute Gasteiger partial charge is 0.407 e. The van der Waals surface area contributed by atoms with Crippen molar-refractivity contribution in [2.45, 2.75) is 32.5 Å². The van der Waals surface area contributed by atoms with Crippen LogP contribution in [0.1, 0.15) is 29.8 Å². The lowest BCUT2D eigenvalue weighted by Gasteiger charge is -2.43. The lowest BCUT2D eigenvalue weighted by molar-refractivity contribution is 0.0600. The first kappa shape index (κ1) is 23.6. The van der Waals surface area contributed by atoms with E-state index in [1.54, 1.807) is 68.4 Å². The highest BCUT2D eigenvalue weighted by molar-refractivity contribution is 7.90. The number of rotatable bonds is 6. The third-order valence-electron chi connectivity index (χ3n) is 5.46. The Hall–Kier alpha value is -3.11. The topological polar surface area (TPSA) is 107 Å². The molecule has 10 heteroatoms. The molecule has 2 aromatic rings. The van der Waals surface area contributed by atoms with Gasteiger partial charge in [0, 0.05) is 25.2 Å². The number of hydrogen-bond acceptors (Lipinski definition) is 5. The normalized spacial score (nSPS) is 19.4. The number of anilines is 1. The van der Waals surface area contributed by atoms with Crippen LogP contribution >= 0.6 is 0 Å². The van der Waals surface area contributed by atoms with E-state index >= 15 is 0 Å². The zero-order valence-corrected chi connectivity index (χ0v) is 19.0. The van der Waals surface area contributed by atoms with E-state index in [-0.39, 0.29) is 19.6 Å². The van der Waals surface area contributed by atoms with Crippen molar-refractivity contribution in [3.63, 3.8) is 0 Å². The molecule has 0 radical (unpaired) electrons. The fraction of sp³-hybridized carbons (Fsp3) is 0.364. The lowest BCUT2D eigenvalue weighted by Crippen LogP contribution is -2.61. The van der Waals surface area contributed by atoms with Crippen molar-refractivity contribution in [2.75, 3.05) is 24.5 Å². The van der Waals surface area contributed by atoms with E-state index in [9.17, 15) is 23.1 Å². The maximum absolute atomic E-state index is 13.7. The number of benzene rings is 2. The first-order chi connectivity index (χ1) is 15.1. The van der Waals surface area contributed by atoms with Gasteiger partial charge in [0.1, 0.15) is 0 Å². The Labute approximate surface area is 188 Å². The molecule has 172 valence electrons. The Morgan fingerprint density at radius 2 is 1.59 bits per heavy atom. The van der Waals surface area contributed by atoms with Crippen LogP contribution in [0.3, 0.4) is 0 Å². The van der Waals surface area contributed by atoms with Gasteiger partial charge in [-0.1, -0.05) is 30.3 Å². The highest BCUT2D eigenvalue weighted by atomic mass is 32.2.